The van der Waals surface area contributed by atoms with Gasteiger partial charge in [0.05, 0.1) is 5.56 Å². The SMILES string of the molecule is CC(=O)O[C@@H](C(=O)O[C@H]1[C@H](OC(=O)c2cccnc2)[C@@]2(C)C(C)=CCC[C@@H]2[C@@](C)(C=CC2=CC(=O)OC2)[C@@]1(C)O)C(C)C. The maximum Gasteiger partial charge on any atom is 0.348 e. The first kappa shape index (κ1) is 32.1. The van der Waals surface area contributed by atoms with Crippen LogP contribution in [-0.4, -0.2) is 64.5 Å². The Morgan fingerprint density at radius 2 is 1.88 bits per heavy atom. The molecule has 232 valence electrons. The lowest BCUT2D eigenvalue weighted by atomic mass is 9.44. The minimum atomic E-state index is -1.80. The lowest BCUT2D eigenvalue weighted by molar-refractivity contribution is -0.263. The largest absolute Gasteiger partial charge is 0.458 e. The van der Waals surface area contributed by atoms with E-state index in [1.54, 1.807) is 39.0 Å². The summed E-state index contributed by atoms with van der Waals surface area (Å²) < 4.78 is 22.7. The number of hydrogen-bond acceptors (Lipinski definition) is 10. The van der Waals surface area contributed by atoms with Gasteiger partial charge in [-0.25, -0.2) is 14.4 Å². The van der Waals surface area contributed by atoms with Crippen molar-refractivity contribution in [1.29, 1.82) is 0 Å². The summed E-state index contributed by atoms with van der Waals surface area (Å²) in [6, 6.07) is 3.18. The van der Waals surface area contributed by atoms with Gasteiger partial charge in [0.25, 0.3) is 0 Å². The van der Waals surface area contributed by atoms with Gasteiger partial charge in [0.15, 0.2) is 12.2 Å². The highest BCUT2D eigenvalue weighted by Crippen LogP contribution is 2.63. The number of ether oxygens (including phenoxy) is 4. The maximum atomic E-state index is 13.7. The van der Waals surface area contributed by atoms with Crippen molar-refractivity contribution in [3.05, 3.63) is 65.5 Å². The third-order valence-electron chi connectivity index (χ3n) is 9.55. The molecule has 0 radical (unpaired) electrons. The first-order valence-electron chi connectivity index (χ1n) is 14.6. The number of carbonyl (C=O) groups is 4. The first-order valence-corrected chi connectivity index (χ1v) is 14.6. The second-order valence-electron chi connectivity index (χ2n) is 12.6. The van der Waals surface area contributed by atoms with E-state index in [2.05, 4.69) is 11.1 Å². The molecule has 43 heavy (non-hydrogen) atoms. The van der Waals surface area contributed by atoms with Crippen molar-refractivity contribution in [2.24, 2.45) is 22.7 Å². The fourth-order valence-corrected chi connectivity index (χ4v) is 6.78. The van der Waals surface area contributed by atoms with E-state index in [1.165, 1.54) is 25.4 Å². The number of cyclic esters (lactones) is 1. The molecule has 1 N–H and O–H groups in total. The fraction of sp³-hybridized carbons (Fsp3) is 0.545. The molecule has 2 heterocycles. The summed E-state index contributed by atoms with van der Waals surface area (Å²) in [4.78, 5) is 54.8. The molecular formula is C33H41NO9. The lowest BCUT2D eigenvalue weighted by Gasteiger charge is -2.64. The predicted octanol–water partition coefficient (Wildman–Crippen LogP) is 4.28. The molecule has 0 saturated heterocycles. The van der Waals surface area contributed by atoms with Crippen LogP contribution in [0.5, 0.6) is 0 Å². The van der Waals surface area contributed by atoms with E-state index in [9.17, 15) is 24.3 Å². The van der Waals surface area contributed by atoms with Crippen molar-refractivity contribution in [3.8, 4) is 0 Å². The number of allylic oxidation sites excluding steroid dienone is 1. The summed E-state index contributed by atoms with van der Waals surface area (Å²) in [5, 5.41) is 12.5. The Bertz CT molecular complexity index is 1360. The fourth-order valence-electron chi connectivity index (χ4n) is 6.78. The van der Waals surface area contributed by atoms with Gasteiger partial charge in [0.1, 0.15) is 12.2 Å². The quantitative estimate of drug-likeness (QED) is 0.263. The van der Waals surface area contributed by atoms with Gasteiger partial charge in [-0.05, 0) is 50.3 Å². The molecule has 0 bridgehead atoms. The van der Waals surface area contributed by atoms with Crippen LogP contribution in [0, 0.1) is 22.7 Å². The van der Waals surface area contributed by atoms with Crippen LogP contribution < -0.4 is 0 Å². The number of hydrogen-bond donors (Lipinski definition) is 1. The Hall–Kier alpha value is -3.79. The summed E-state index contributed by atoms with van der Waals surface area (Å²) >= 11 is 0. The van der Waals surface area contributed by atoms with E-state index in [0.717, 1.165) is 12.0 Å². The normalized spacial score (nSPS) is 32.8. The summed E-state index contributed by atoms with van der Waals surface area (Å²) in [6.07, 6.45) is 7.60. The first-order chi connectivity index (χ1) is 20.1. The van der Waals surface area contributed by atoms with E-state index < -0.39 is 64.5 Å². The third-order valence-corrected chi connectivity index (χ3v) is 9.55. The summed E-state index contributed by atoms with van der Waals surface area (Å²) in [6.45, 7) is 12.1. The Kier molecular flexibility index (Phi) is 9.02. The molecule has 0 aromatic carbocycles. The van der Waals surface area contributed by atoms with E-state index in [4.69, 9.17) is 18.9 Å². The molecule has 0 unspecified atom stereocenters. The van der Waals surface area contributed by atoms with E-state index >= 15 is 0 Å². The Balaban J connectivity index is 1.87. The van der Waals surface area contributed by atoms with Crippen LogP contribution in [0.25, 0.3) is 0 Å². The van der Waals surface area contributed by atoms with Gasteiger partial charge in [0.2, 0.25) is 6.10 Å². The van der Waals surface area contributed by atoms with Crippen LogP contribution in [-0.2, 0) is 33.3 Å². The zero-order valence-corrected chi connectivity index (χ0v) is 25.8. The van der Waals surface area contributed by atoms with E-state index in [1.807, 2.05) is 26.8 Å². The van der Waals surface area contributed by atoms with Gasteiger partial charge in [0, 0.05) is 42.1 Å². The van der Waals surface area contributed by atoms with Gasteiger partial charge < -0.3 is 24.1 Å². The highest BCUT2D eigenvalue weighted by Gasteiger charge is 2.69. The molecule has 1 aromatic heterocycles. The number of pyridine rings is 1. The minimum absolute atomic E-state index is 0.108. The molecule has 1 aromatic rings. The number of esters is 4. The van der Waals surface area contributed by atoms with Crippen LogP contribution >= 0.6 is 0 Å². The number of carbonyl (C=O) groups excluding carboxylic acids is 4. The molecule has 10 heteroatoms. The Labute approximate surface area is 252 Å². The molecule has 0 amide bonds. The molecular weight excluding hydrogens is 554 g/mol. The lowest BCUT2D eigenvalue weighted by Crippen LogP contribution is -2.72. The smallest absolute Gasteiger partial charge is 0.348 e. The summed E-state index contributed by atoms with van der Waals surface area (Å²) in [7, 11) is 0. The number of nitrogens with zero attached hydrogens (tertiary/aromatic N) is 1. The molecule has 2 aliphatic carbocycles. The van der Waals surface area contributed by atoms with E-state index in [0.29, 0.717) is 12.0 Å². The van der Waals surface area contributed by atoms with Gasteiger partial charge in [-0.3, -0.25) is 9.78 Å². The van der Waals surface area contributed by atoms with Gasteiger partial charge >= 0.3 is 23.9 Å². The van der Waals surface area contributed by atoms with Crippen molar-refractivity contribution in [1.82, 2.24) is 4.98 Å². The van der Waals surface area contributed by atoms with Gasteiger partial charge in [-0.15, -0.1) is 0 Å². The predicted molar refractivity (Wildman–Crippen MR) is 155 cm³/mol. The van der Waals surface area contributed by atoms with Crippen molar-refractivity contribution >= 4 is 23.9 Å². The summed E-state index contributed by atoms with van der Waals surface area (Å²) in [5.74, 6) is -3.36. The molecule has 4 rings (SSSR count). The van der Waals surface area contributed by atoms with Crippen molar-refractivity contribution in [2.45, 2.75) is 85.2 Å². The van der Waals surface area contributed by atoms with Gasteiger partial charge in [-0.2, -0.15) is 0 Å². The highest BCUT2D eigenvalue weighted by molar-refractivity contribution is 5.89. The van der Waals surface area contributed by atoms with Crippen molar-refractivity contribution < 1.29 is 43.2 Å². The standard InChI is InChI=1S/C33H41NO9/c1-19(2)26(41-21(4)35)30(38)43-28-27(42-29(37)23-11-9-15-34-17-23)32(6)20(3)10-8-12-24(32)31(5,33(28,7)39)14-13-22-16-25(36)40-18-22/h9-11,13-17,19,24,26-28,39H,8,12,18H2,1-7H3/t24-,26-,27+,28+,31-,32+,33+/m1/s1. The van der Waals surface area contributed by atoms with Crippen LogP contribution in [0.15, 0.2) is 60.0 Å². The monoisotopic (exact) mass is 595 g/mol. The van der Waals surface area contributed by atoms with Crippen LogP contribution in [0.4, 0.5) is 0 Å². The maximum absolute atomic E-state index is 13.7. The molecule has 1 saturated carbocycles. The Morgan fingerprint density at radius 1 is 1.16 bits per heavy atom. The second kappa shape index (κ2) is 12.1. The molecule has 7 atom stereocenters. The molecule has 3 aliphatic rings. The number of aromatic nitrogens is 1. The summed E-state index contributed by atoms with van der Waals surface area (Å²) in [5.41, 5.74) is -1.99. The topological polar surface area (TPSA) is 138 Å². The highest BCUT2D eigenvalue weighted by atomic mass is 16.6. The third kappa shape index (κ3) is 5.89. The number of rotatable bonds is 8. The van der Waals surface area contributed by atoms with Crippen LogP contribution in [0.3, 0.4) is 0 Å². The number of fused-ring (bicyclic) bond motifs is 1. The molecule has 10 nitrogen and oxygen atoms in total. The molecule has 0 spiro atoms. The van der Waals surface area contributed by atoms with Crippen molar-refractivity contribution in [3.63, 3.8) is 0 Å². The van der Waals surface area contributed by atoms with E-state index in [-0.39, 0.29) is 18.1 Å². The minimum Gasteiger partial charge on any atom is -0.458 e. The molecule has 1 aliphatic heterocycles. The van der Waals surface area contributed by atoms with Crippen LogP contribution in [0.2, 0.25) is 0 Å². The zero-order valence-electron chi connectivity index (χ0n) is 25.8. The Morgan fingerprint density at radius 3 is 2.47 bits per heavy atom. The second-order valence-corrected chi connectivity index (χ2v) is 12.6. The van der Waals surface area contributed by atoms with Crippen LogP contribution in [0.1, 0.15) is 71.7 Å². The van der Waals surface area contributed by atoms with Crippen molar-refractivity contribution in [2.75, 3.05) is 6.61 Å². The molecule has 1 fully saturated rings. The average Bonchev–Trinajstić information content (AvgIpc) is 3.37. The number of aliphatic hydroxyl groups is 1. The van der Waals surface area contributed by atoms with Gasteiger partial charge in [-0.1, -0.05) is 51.5 Å². The zero-order chi connectivity index (χ0) is 31.7. The average molecular weight is 596 g/mol.